The van der Waals surface area contributed by atoms with Crippen molar-refractivity contribution >= 4 is 22.9 Å². The van der Waals surface area contributed by atoms with Crippen molar-refractivity contribution in [3.8, 4) is 0 Å². The van der Waals surface area contributed by atoms with Gasteiger partial charge in [0.25, 0.3) is 5.91 Å². The van der Waals surface area contributed by atoms with Gasteiger partial charge in [-0.05, 0) is 24.6 Å². The van der Waals surface area contributed by atoms with E-state index >= 15 is 0 Å². The number of nitrogens with zero attached hydrogens (tertiary/aromatic N) is 3. The lowest BCUT2D eigenvalue weighted by atomic mass is 10.1. The van der Waals surface area contributed by atoms with Crippen molar-refractivity contribution in [3.05, 3.63) is 48.0 Å². The van der Waals surface area contributed by atoms with Crippen molar-refractivity contribution < 1.29 is 14.3 Å². The van der Waals surface area contributed by atoms with Crippen LogP contribution in [0.3, 0.4) is 0 Å². The zero-order valence-corrected chi connectivity index (χ0v) is 14.7. The zero-order valence-electron chi connectivity index (χ0n) is 14.7. The standard InChI is InChI=1S/C18H21N5O3/c1-3-6-14(18(25)26-2)20-17(24)15-9-12(21-22-15)10-23-11-19-13-7-4-5-8-16(13)23/h4-5,7-9,11,14H,3,6,10H2,1-2H3,(H,20,24)(H,21,22). The van der Waals surface area contributed by atoms with Crippen LogP contribution in [0.2, 0.25) is 0 Å². The van der Waals surface area contributed by atoms with Crippen LogP contribution in [0.25, 0.3) is 11.0 Å². The number of amides is 1. The summed E-state index contributed by atoms with van der Waals surface area (Å²) in [7, 11) is 1.30. The summed E-state index contributed by atoms with van der Waals surface area (Å²) in [5.74, 6) is -0.868. The topological polar surface area (TPSA) is 102 Å². The maximum atomic E-state index is 12.4. The van der Waals surface area contributed by atoms with E-state index in [0.717, 1.165) is 23.1 Å². The lowest BCUT2D eigenvalue weighted by molar-refractivity contribution is -0.143. The van der Waals surface area contributed by atoms with Crippen LogP contribution in [-0.2, 0) is 16.1 Å². The van der Waals surface area contributed by atoms with E-state index in [4.69, 9.17) is 4.74 Å². The molecule has 8 heteroatoms. The second-order valence-corrected chi connectivity index (χ2v) is 5.98. The number of H-pyrrole nitrogens is 1. The van der Waals surface area contributed by atoms with Crippen molar-refractivity contribution in [3.63, 3.8) is 0 Å². The number of nitrogens with one attached hydrogen (secondary N) is 2. The van der Waals surface area contributed by atoms with Gasteiger partial charge in [-0.3, -0.25) is 9.89 Å². The van der Waals surface area contributed by atoms with Crippen molar-refractivity contribution in [1.82, 2.24) is 25.1 Å². The molecule has 0 aliphatic rings. The summed E-state index contributed by atoms with van der Waals surface area (Å²) >= 11 is 0. The molecule has 1 unspecified atom stereocenters. The third kappa shape index (κ3) is 3.74. The van der Waals surface area contributed by atoms with E-state index in [1.165, 1.54) is 7.11 Å². The number of para-hydroxylation sites is 2. The quantitative estimate of drug-likeness (QED) is 0.630. The first-order valence-electron chi connectivity index (χ1n) is 8.45. The Balaban J connectivity index is 1.70. The van der Waals surface area contributed by atoms with Crippen molar-refractivity contribution in [1.29, 1.82) is 0 Å². The largest absolute Gasteiger partial charge is 0.467 e. The van der Waals surface area contributed by atoms with Crippen molar-refractivity contribution in [2.24, 2.45) is 0 Å². The van der Waals surface area contributed by atoms with Gasteiger partial charge in [-0.25, -0.2) is 9.78 Å². The van der Waals surface area contributed by atoms with Gasteiger partial charge < -0.3 is 14.6 Å². The highest BCUT2D eigenvalue weighted by Crippen LogP contribution is 2.13. The molecule has 0 saturated heterocycles. The Morgan fingerprint density at radius 1 is 1.35 bits per heavy atom. The summed E-state index contributed by atoms with van der Waals surface area (Å²) in [5.41, 5.74) is 2.91. The van der Waals surface area contributed by atoms with Crippen LogP contribution >= 0.6 is 0 Å². The minimum absolute atomic E-state index is 0.231. The average Bonchev–Trinajstić information content (AvgIpc) is 3.29. The third-order valence-electron chi connectivity index (χ3n) is 4.10. The van der Waals surface area contributed by atoms with E-state index in [-0.39, 0.29) is 5.69 Å². The van der Waals surface area contributed by atoms with Crippen molar-refractivity contribution in [2.75, 3.05) is 7.11 Å². The summed E-state index contributed by atoms with van der Waals surface area (Å²) < 4.78 is 6.70. The van der Waals surface area contributed by atoms with Crippen LogP contribution in [0.1, 0.15) is 35.9 Å². The minimum Gasteiger partial charge on any atom is -0.467 e. The number of aromatic amines is 1. The second kappa shape index (κ2) is 7.81. The maximum Gasteiger partial charge on any atom is 0.328 e. The van der Waals surface area contributed by atoms with Crippen molar-refractivity contribution in [2.45, 2.75) is 32.4 Å². The van der Waals surface area contributed by atoms with Gasteiger partial charge in [0, 0.05) is 0 Å². The summed E-state index contributed by atoms with van der Waals surface area (Å²) in [6.45, 7) is 2.44. The Morgan fingerprint density at radius 3 is 2.92 bits per heavy atom. The number of methoxy groups -OCH3 is 1. The molecule has 3 rings (SSSR count). The van der Waals surface area contributed by atoms with Crippen LogP contribution in [0, 0.1) is 0 Å². The average molecular weight is 355 g/mol. The molecule has 0 saturated carbocycles. The molecule has 8 nitrogen and oxygen atoms in total. The van der Waals surface area contributed by atoms with Crippen LogP contribution < -0.4 is 5.32 Å². The highest BCUT2D eigenvalue weighted by atomic mass is 16.5. The Morgan fingerprint density at radius 2 is 2.15 bits per heavy atom. The Kier molecular flexibility index (Phi) is 5.31. The van der Waals surface area contributed by atoms with Gasteiger partial charge in [0.15, 0.2) is 0 Å². The number of esters is 1. The molecule has 26 heavy (non-hydrogen) atoms. The number of ether oxygens (including phenoxy) is 1. The number of imidazole rings is 1. The van der Waals surface area contributed by atoms with Crippen LogP contribution in [0.5, 0.6) is 0 Å². The first-order chi connectivity index (χ1) is 12.6. The number of aromatic nitrogens is 4. The van der Waals surface area contributed by atoms with Gasteiger partial charge in [0.2, 0.25) is 0 Å². The molecule has 0 aliphatic heterocycles. The predicted octanol–water partition coefficient (Wildman–Crippen LogP) is 1.88. The number of fused-ring (bicyclic) bond motifs is 1. The number of carbonyl (C=O) groups is 2. The molecule has 2 heterocycles. The molecule has 0 aliphatic carbocycles. The van der Waals surface area contributed by atoms with Gasteiger partial charge >= 0.3 is 5.97 Å². The molecular weight excluding hydrogens is 334 g/mol. The van der Waals surface area contributed by atoms with E-state index < -0.39 is 17.9 Å². The van der Waals surface area contributed by atoms with E-state index in [9.17, 15) is 9.59 Å². The minimum atomic E-state index is -0.671. The summed E-state index contributed by atoms with van der Waals surface area (Å²) in [6, 6.07) is 8.82. The molecule has 1 aromatic carbocycles. The Bertz CT molecular complexity index is 914. The molecule has 0 spiro atoms. The number of carbonyl (C=O) groups excluding carboxylic acids is 2. The van der Waals surface area contributed by atoms with Gasteiger partial charge in [-0.15, -0.1) is 0 Å². The maximum absolute atomic E-state index is 12.4. The first-order valence-corrected chi connectivity index (χ1v) is 8.45. The van der Waals surface area contributed by atoms with Crippen LogP contribution in [0.15, 0.2) is 36.7 Å². The van der Waals surface area contributed by atoms with E-state index in [0.29, 0.717) is 13.0 Å². The Hall–Kier alpha value is -3.16. The summed E-state index contributed by atoms with van der Waals surface area (Å²) in [4.78, 5) is 28.4. The van der Waals surface area contributed by atoms with E-state index in [1.807, 2.05) is 35.8 Å². The molecule has 1 amide bonds. The fourth-order valence-corrected chi connectivity index (χ4v) is 2.79. The monoisotopic (exact) mass is 355 g/mol. The van der Waals surface area contributed by atoms with Gasteiger partial charge in [-0.2, -0.15) is 5.10 Å². The highest BCUT2D eigenvalue weighted by molar-refractivity contribution is 5.95. The second-order valence-electron chi connectivity index (χ2n) is 5.98. The number of benzene rings is 1. The molecule has 0 radical (unpaired) electrons. The SMILES string of the molecule is CCCC(NC(=O)c1cc(Cn2cnc3ccccc32)[nH]n1)C(=O)OC. The lowest BCUT2D eigenvalue weighted by Crippen LogP contribution is -2.41. The Labute approximate surface area is 150 Å². The molecule has 0 bridgehead atoms. The van der Waals surface area contributed by atoms with E-state index in [2.05, 4.69) is 20.5 Å². The highest BCUT2D eigenvalue weighted by Gasteiger charge is 2.22. The molecule has 2 aromatic heterocycles. The molecule has 0 fully saturated rings. The predicted molar refractivity (Wildman–Crippen MR) is 95.6 cm³/mol. The van der Waals surface area contributed by atoms with Crippen LogP contribution in [-0.4, -0.2) is 44.8 Å². The molecule has 1 atom stereocenters. The molecule has 3 aromatic rings. The fourth-order valence-electron chi connectivity index (χ4n) is 2.79. The number of hydrogen-bond acceptors (Lipinski definition) is 5. The normalized spacial score (nSPS) is 12.1. The lowest BCUT2D eigenvalue weighted by Gasteiger charge is -2.14. The van der Waals surface area contributed by atoms with Gasteiger partial charge in [-0.1, -0.05) is 25.5 Å². The van der Waals surface area contributed by atoms with Crippen LogP contribution in [0.4, 0.5) is 0 Å². The summed E-state index contributed by atoms with van der Waals surface area (Å²) in [5, 5.41) is 9.59. The molecule has 136 valence electrons. The third-order valence-corrected chi connectivity index (χ3v) is 4.10. The zero-order chi connectivity index (χ0) is 18.5. The first kappa shape index (κ1) is 17.7. The smallest absolute Gasteiger partial charge is 0.328 e. The van der Waals surface area contributed by atoms with Gasteiger partial charge in [0.05, 0.1) is 36.7 Å². The van der Waals surface area contributed by atoms with E-state index in [1.54, 1.807) is 12.4 Å². The fraction of sp³-hybridized carbons (Fsp3) is 0.333. The summed E-state index contributed by atoms with van der Waals surface area (Å²) in [6.07, 6.45) is 3.01. The van der Waals surface area contributed by atoms with Gasteiger partial charge in [0.1, 0.15) is 11.7 Å². The number of rotatable bonds is 7. The number of hydrogen-bond donors (Lipinski definition) is 2. The molecular formula is C18H21N5O3. The molecule has 2 N–H and O–H groups in total.